The molecule has 5 aromatic rings. The summed E-state index contributed by atoms with van der Waals surface area (Å²) in [7, 11) is 0. The van der Waals surface area contributed by atoms with Gasteiger partial charge >= 0.3 is 6.18 Å². The zero-order valence-corrected chi connectivity index (χ0v) is 20.9. The quantitative estimate of drug-likeness (QED) is 0.142. The number of aryl methyl sites for hydroxylation is 1. The summed E-state index contributed by atoms with van der Waals surface area (Å²) in [6.07, 6.45) is -1.11. The van der Waals surface area contributed by atoms with E-state index in [9.17, 15) is 13.2 Å². The molecule has 0 aliphatic heterocycles. The van der Waals surface area contributed by atoms with E-state index in [1.165, 1.54) is 12.1 Å². The molecule has 0 unspecified atom stereocenters. The minimum Gasteiger partial charge on any atom is -0.330 e. The van der Waals surface area contributed by atoms with Crippen LogP contribution in [0.25, 0.3) is 27.5 Å². The van der Waals surface area contributed by atoms with Gasteiger partial charge in [-0.25, -0.2) is 4.98 Å². The van der Waals surface area contributed by atoms with Crippen LogP contribution in [0.4, 0.5) is 18.9 Å². The van der Waals surface area contributed by atoms with Crippen LogP contribution >= 0.6 is 23.8 Å². The number of alkyl halides is 3. The van der Waals surface area contributed by atoms with Crippen molar-refractivity contribution in [2.45, 2.75) is 13.1 Å². The molecule has 0 aliphatic rings. The Labute approximate surface area is 220 Å². The lowest BCUT2D eigenvalue weighted by molar-refractivity contribution is -0.137. The summed E-state index contributed by atoms with van der Waals surface area (Å²) in [6, 6.07) is 20.2. The summed E-state index contributed by atoms with van der Waals surface area (Å²) in [5.41, 5.74) is 6.77. The molecule has 2 N–H and O–H groups in total. The first-order valence-corrected chi connectivity index (χ1v) is 11.9. The lowest BCUT2D eigenvalue weighted by atomic mass is 10.1. The summed E-state index contributed by atoms with van der Waals surface area (Å²) >= 11 is 11.5. The van der Waals surface area contributed by atoms with Gasteiger partial charge in [0.05, 0.1) is 33.5 Å². The summed E-state index contributed by atoms with van der Waals surface area (Å²) in [5, 5.41) is 10.00. The van der Waals surface area contributed by atoms with Gasteiger partial charge in [0, 0.05) is 11.1 Å². The van der Waals surface area contributed by atoms with E-state index in [1.807, 2.05) is 49.4 Å². The SMILES string of the molecule is Cc1cccc(Cl)c1NC(=S)N/N=C/c1ccc2c(ccc3c2ncn3-c2ccc(C(F)(F)F)cc2)c1. The van der Waals surface area contributed by atoms with Crippen LogP contribution in [0.2, 0.25) is 5.02 Å². The van der Waals surface area contributed by atoms with Crippen molar-refractivity contribution in [3.63, 3.8) is 0 Å². The summed E-state index contributed by atoms with van der Waals surface area (Å²) in [4.78, 5) is 4.52. The molecular formula is C27H19ClF3N5S. The molecule has 0 radical (unpaired) electrons. The largest absolute Gasteiger partial charge is 0.416 e. The van der Waals surface area contributed by atoms with Gasteiger partial charge in [0.15, 0.2) is 5.11 Å². The molecule has 37 heavy (non-hydrogen) atoms. The van der Waals surface area contributed by atoms with E-state index in [-0.39, 0.29) is 0 Å². The average molecular weight is 538 g/mol. The van der Waals surface area contributed by atoms with Gasteiger partial charge in [-0.15, -0.1) is 0 Å². The van der Waals surface area contributed by atoms with Crippen molar-refractivity contribution in [3.8, 4) is 5.69 Å². The van der Waals surface area contributed by atoms with Crippen LogP contribution in [0.5, 0.6) is 0 Å². The highest BCUT2D eigenvalue weighted by atomic mass is 35.5. The number of rotatable bonds is 4. The summed E-state index contributed by atoms with van der Waals surface area (Å²) < 4.78 is 40.5. The molecule has 0 saturated carbocycles. The van der Waals surface area contributed by atoms with E-state index >= 15 is 0 Å². The maximum absolute atomic E-state index is 12.9. The standard InChI is InChI=1S/C27H19ClF3N5S/c1-16-3-2-4-22(28)24(16)34-26(37)35-33-14-17-5-11-21-18(13-17)6-12-23-25(21)32-15-36(23)20-9-7-19(8-10-20)27(29,30)31/h2-15H,1H3,(H2,34,35,37)/b33-14+. The molecule has 5 rings (SSSR count). The fraction of sp³-hybridized carbons (Fsp3) is 0.0741. The number of aromatic nitrogens is 2. The minimum atomic E-state index is -4.38. The number of halogens is 4. The smallest absolute Gasteiger partial charge is 0.330 e. The van der Waals surface area contributed by atoms with E-state index in [0.29, 0.717) is 15.8 Å². The lowest BCUT2D eigenvalue weighted by Crippen LogP contribution is -2.24. The zero-order valence-electron chi connectivity index (χ0n) is 19.3. The molecule has 1 aromatic heterocycles. The highest BCUT2D eigenvalue weighted by Gasteiger charge is 2.30. The predicted molar refractivity (Wildman–Crippen MR) is 147 cm³/mol. The van der Waals surface area contributed by atoms with Gasteiger partial charge in [-0.05, 0) is 78.1 Å². The lowest BCUT2D eigenvalue weighted by Gasteiger charge is -2.11. The number of hydrazone groups is 1. The van der Waals surface area contributed by atoms with Crippen molar-refractivity contribution < 1.29 is 13.2 Å². The van der Waals surface area contributed by atoms with E-state index in [1.54, 1.807) is 23.2 Å². The molecule has 0 atom stereocenters. The van der Waals surface area contributed by atoms with Crippen molar-refractivity contribution in [1.82, 2.24) is 15.0 Å². The fourth-order valence-electron chi connectivity index (χ4n) is 4.02. The Hall–Kier alpha value is -3.95. The van der Waals surface area contributed by atoms with Crippen LogP contribution in [0, 0.1) is 6.92 Å². The van der Waals surface area contributed by atoms with E-state index < -0.39 is 11.7 Å². The fourth-order valence-corrected chi connectivity index (χ4v) is 4.45. The molecule has 1 heterocycles. The topological polar surface area (TPSA) is 54.2 Å². The molecule has 5 nitrogen and oxygen atoms in total. The number of hydrogen-bond donors (Lipinski definition) is 2. The normalized spacial score (nSPS) is 11.9. The van der Waals surface area contributed by atoms with Crippen molar-refractivity contribution in [1.29, 1.82) is 0 Å². The van der Waals surface area contributed by atoms with Crippen LogP contribution in [0.3, 0.4) is 0 Å². The first-order chi connectivity index (χ1) is 17.7. The van der Waals surface area contributed by atoms with Crippen molar-refractivity contribution >= 4 is 62.6 Å². The third kappa shape index (κ3) is 5.14. The van der Waals surface area contributed by atoms with Crippen molar-refractivity contribution in [2.75, 3.05) is 5.32 Å². The molecule has 0 saturated heterocycles. The molecule has 186 valence electrons. The summed E-state index contributed by atoms with van der Waals surface area (Å²) in [5.74, 6) is 0. The van der Waals surface area contributed by atoms with Gasteiger partial charge in [-0.2, -0.15) is 18.3 Å². The number of fused-ring (bicyclic) bond motifs is 3. The first kappa shape index (κ1) is 24.7. The molecular weight excluding hydrogens is 519 g/mol. The molecule has 4 aromatic carbocycles. The highest BCUT2D eigenvalue weighted by molar-refractivity contribution is 7.80. The number of benzene rings is 4. The van der Waals surface area contributed by atoms with E-state index in [2.05, 4.69) is 20.8 Å². The third-order valence-corrected chi connectivity index (χ3v) is 6.38. The highest BCUT2D eigenvalue weighted by Crippen LogP contribution is 2.31. The Morgan fingerprint density at radius 2 is 1.84 bits per heavy atom. The number of para-hydroxylation sites is 1. The maximum atomic E-state index is 12.9. The number of imidazole rings is 1. The Balaban J connectivity index is 1.34. The van der Waals surface area contributed by atoms with Gasteiger partial charge in [0.1, 0.15) is 6.33 Å². The maximum Gasteiger partial charge on any atom is 0.416 e. The van der Waals surface area contributed by atoms with Crippen LogP contribution in [0.1, 0.15) is 16.7 Å². The number of nitrogens with one attached hydrogen (secondary N) is 2. The third-order valence-electron chi connectivity index (χ3n) is 5.87. The molecule has 0 fully saturated rings. The Kier molecular flexibility index (Phi) is 6.57. The van der Waals surface area contributed by atoms with Crippen LogP contribution in [-0.4, -0.2) is 20.9 Å². The molecule has 10 heteroatoms. The van der Waals surface area contributed by atoms with E-state index in [0.717, 1.165) is 50.8 Å². The van der Waals surface area contributed by atoms with Crippen LogP contribution in [-0.2, 0) is 6.18 Å². The van der Waals surface area contributed by atoms with Gasteiger partial charge in [-0.1, -0.05) is 41.9 Å². The second-order valence-electron chi connectivity index (χ2n) is 8.33. The molecule has 0 spiro atoms. The van der Waals surface area contributed by atoms with Gasteiger partial charge in [0.25, 0.3) is 0 Å². The van der Waals surface area contributed by atoms with E-state index in [4.69, 9.17) is 23.8 Å². The Bertz CT molecular complexity index is 1640. The predicted octanol–water partition coefficient (Wildman–Crippen LogP) is 7.48. The average Bonchev–Trinajstić information content (AvgIpc) is 3.30. The van der Waals surface area contributed by atoms with Gasteiger partial charge in [-0.3, -0.25) is 9.99 Å². The Morgan fingerprint density at radius 1 is 1.05 bits per heavy atom. The molecule has 0 bridgehead atoms. The molecule has 0 amide bonds. The zero-order chi connectivity index (χ0) is 26.2. The number of nitrogens with zero attached hydrogens (tertiary/aromatic N) is 3. The second-order valence-corrected chi connectivity index (χ2v) is 9.14. The number of anilines is 1. The Morgan fingerprint density at radius 3 is 2.57 bits per heavy atom. The number of hydrogen-bond acceptors (Lipinski definition) is 3. The van der Waals surface area contributed by atoms with Gasteiger partial charge < -0.3 is 5.32 Å². The molecule has 0 aliphatic carbocycles. The summed E-state index contributed by atoms with van der Waals surface area (Å²) in [6.45, 7) is 1.93. The minimum absolute atomic E-state index is 0.309. The van der Waals surface area contributed by atoms with Crippen LogP contribution in [0.15, 0.2) is 84.2 Å². The first-order valence-electron chi connectivity index (χ1n) is 11.1. The van der Waals surface area contributed by atoms with Crippen molar-refractivity contribution in [2.24, 2.45) is 5.10 Å². The van der Waals surface area contributed by atoms with Crippen molar-refractivity contribution in [3.05, 3.63) is 101 Å². The number of thiocarbonyl (C=S) groups is 1. The monoisotopic (exact) mass is 537 g/mol. The van der Waals surface area contributed by atoms with Gasteiger partial charge in [0.2, 0.25) is 0 Å². The van der Waals surface area contributed by atoms with Crippen LogP contribution < -0.4 is 10.7 Å². The second kappa shape index (κ2) is 9.84.